The average molecular weight is 290 g/mol. The van der Waals surface area contributed by atoms with Gasteiger partial charge in [-0.1, -0.05) is 19.8 Å². The minimum atomic E-state index is -0.0985. The van der Waals surface area contributed by atoms with Crippen LogP contribution in [0.25, 0.3) is 10.2 Å². The van der Waals surface area contributed by atoms with E-state index >= 15 is 0 Å². The molecule has 1 aliphatic carbocycles. The summed E-state index contributed by atoms with van der Waals surface area (Å²) in [5.41, 5.74) is 6.78. The molecule has 0 bridgehead atoms. The molecule has 2 aromatic heterocycles. The number of aromatic nitrogens is 2. The van der Waals surface area contributed by atoms with Crippen LogP contribution in [0.5, 0.6) is 0 Å². The standard InChI is InChI=1S/C14H18N4OS/c1-14(5-2-3-6-14)8-16-12(19)11-10(15)9-4-7-17-18-13(9)20-11/h4,7H,2-3,5-6,8,15H2,1H3,(H,16,19). The number of hydrogen-bond donors (Lipinski definition) is 2. The maximum absolute atomic E-state index is 12.3. The number of anilines is 1. The fourth-order valence-electron chi connectivity index (χ4n) is 2.82. The maximum Gasteiger partial charge on any atom is 0.263 e. The van der Waals surface area contributed by atoms with Crippen molar-refractivity contribution in [3.63, 3.8) is 0 Å². The van der Waals surface area contributed by atoms with Crippen molar-refractivity contribution >= 4 is 33.1 Å². The first kappa shape index (κ1) is 13.3. The van der Waals surface area contributed by atoms with Gasteiger partial charge in [0.25, 0.3) is 5.91 Å². The molecular weight excluding hydrogens is 272 g/mol. The van der Waals surface area contributed by atoms with Gasteiger partial charge in [-0.05, 0) is 24.3 Å². The Morgan fingerprint density at radius 1 is 1.50 bits per heavy atom. The molecule has 0 atom stereocenters. The molecule has 5 nitrogen and oxygen atoms in total. The molecule has 1 fully saturated rings. The number of fused-ring (bicyclic) bond motifs is 1. The molecule has 0 aromatic carbocycles. The fraction of sp³-hybridized carbons (Fsp3) is 0.500. The lowest BCUT2D eigenvalue weighted by molar-refractivity contribution is 0.0939. The van der Waals surface area contributed by atoms with Gasteiger partial charge in [-0.25, -0.2) is 0 Å². The molecule has 0 aliphatic heterocycles. The van der Waals surface area contributed by atoms with Crippen LogP contribution in [0.3, 0.4) is 0 Å². The lowest BCUT2D eigenvalue weighted by atomic mass is 9.89. The van der Waals surface area contributed by atoms with E-state index in [1.165, 1.54) is 37.0 Å². The third-order valence-electron chi connectivity index (χ3n) is 4.11. The van der Waals surface area contributed by atoms with Crippen LogP contribution < -0.4 is 11.1 Å². The molecule has 20 heavy (non-hydrogen) atoms. The summed E-state index contributed by atoms with van der Waals surface area (Å²) >= 11 is 1.30. The van der Waals surface area contributed by atoms with Crippen molar-refractivity contribution in [1.29, 1.82) is 0 Å². The van der Waals surface area contributed by atoms with Crippen LogP contribution in [0.1, 0.15) is 42.3 Å². The number of nitrogen functional groups attached to an aromatic ring is 1. The molecule has 2 aromatic rings. The monoisotopic (exact) mass is 290 g/mol. The second-order valence-corrected chi connectivity index (χ2v) is 6.79. The van der Waals surface area contributed by atoms with E-state index in [1.807, 2.05) is 0 Å². The Hall–Kier alpha value is -1.69. The highest BCUT2D eigenvalue weighted by atomic mass is 32.1. The van der Waals surface area contributed by atoms with Gasteiger partial charge in [0.2, 0.25) is 0 Å². The molecule has 1 amide bonds. The molecule has 2 heterocycles. The molecule has 0 saturated heterocycles. The number of rotatable bonds is 3. The van der Waals surface area contributed by atoms with E-state index in [-0.39, 0.29) is 11.3 Å². The molecule has 106 valence electrons. The lowest BCUT2D eigenvalue weighted by Gasteiger charge is -2.23. The summed E-state index contributed by atoms with van der Waals surface area (Å²) in [6, 6.07) is 1.79. The molecule has 0 unspecified atom stereocenters. The number of amides is 1. The first-order valence-corrected chi connectivity index (χ1v) is 7.69. The van der Waals surface area contributed by atoms with Crippen molar-refractivity contribution in [3.05, 3.63) is 17.1 Å². The molecule has 1 saturated carbocycles. The Labute approximate surface area is 121 Å². The van der Waals surface area contributed by atoms with Crippen molar-refractivity contribution in [2.75, 3.05) is 12.3 Å². The average Bonchev–Trinajstić information content (AvgIpc) is 3.02. The number of nitrogens with one attached hydrogen (secondary N) is 1. The van der Waals surface area contributed by atoms with Crippen LogP contribution in [0.15, 0.2) is 12.3 Å². The summed E-state index contributed by atoms with van der Waals surface area (Å²) in [4.78, 5) is 13.6. The minimum absolute atomic E-state index is 0.0985. The molecular formula is C14H18N4OS. The van der Waals surface area contributed by atoms with Crippen LogP contribution in [0.4, 0.5) is 5.69 Å². The van der Waals surface area contributed by atoms with Gasteiger partial charge in [0.1, 0.15) is 9.71 Å². The van der Waals surface area contributed by atoms with Crippen molar-refractivity contribution in [2.24, 2.45) is 5.41 Å². The first-order valence-electron chi connectivity index (χ1n) is 6.87. The highest BCUT2D eigenvalue weighted by Crippen LogP contribution is 2.37. The van der Waals surface area contributed by atoms with Crippen LogP contribution in [-0.2, 0) is 0 Å². The Morgan fingerprint density at radius 2 is 2.25 bits per heavy atom. The Bertz CT molecular complexity index is 646. The van der Waals surface area contributed by atoms with Gasteiger partial charge in [-0.3, -0.25) is 4.79 Å². The van der Waals surface area contributed by atoms with Crippen molar-refractivity contribution < 1.29 is 4.79 Å². The molecule has 6 heteroatoms. The second kappa shape index (κ2) is 5.01. The topological polar surface area (TPSA) is 80.9 Å². The SMILES string of the molecule is CC1(CNC(=O)c2sc3nnccc3c2N)CCCC1. The van der Waals surface area contributed by atoms with Crippen LogP contribution in [0.2, 0.25) is 0 Å². The largest absolute Gasteiger partial charge is 0.397 e. The summed E-state index contributed by atoms with van der Waals surface area (Å²) in [7, 11) is 0. The second-order valence-electron chi connectivity index (χ2n) is 5.80. The molecule has 1 aliphatic rings. The van der Waals surface area contributed by atoms with Gasteiger partial charge < -0.3 is 11.1 Å². The number of hydrogen-bond acceptors (Lipinski definition) is 5. The highest BCUT2D eigenvalue weighted by Gasteiger charge is 2.29. The Kier molecular flexibility index (Phi) is 3.33. The van der Waals surface area contributed by atoms with E-state index in [2.05, 4.69) is 22.4 Å². The number of nitrogens with zero attached hydrogens (tertiary/aromatic N) is 2. The molecule has 0 spiro atoms. The van der Waals surface area contributed by atoms with Crippen molar-refractivity contribution in [2.45, 2.75) is 32.6 Å². The number of carbonyl (C=O) groups excluding carboxylic acids is 1. The molecule has 0 radical (unpaired) electrons. The van der Waals surface area contributed by atoms with Crippen LogP contribution in [-0.4, -0.2) is 22.6 Å². The summed E-state index contributed by atoms with van der Waals surface area (Å²) in [6.45, 7) is 2.95. The van der Waals surface area contributed by atoms with Gasteiger partial charge in [-0.2, -0.15) is 5.10 Å². The maximum atomic E-state index is 12.3. The molecule has 3 N–H and O–H groups in total. The third-order valence-corrected chi connectivity index (χ3v) is 5.22. The zero-order valence-electron chi connectivity index (χ0n) is 11.5. The zero-order chi connectivity index (χ0) is 14.2. The number of thiophene rings is 1. The smallest absolute Gasteiger partial charge is 0.263 e. The van der Waals surface area contributed by atoms with E-state index < -0.39 is 0 Å². The summed E-state index contributed by atoms with van der Waals surface area (Å²) in [5, 5.41) is 11.7. The zero-order valence-corrected chi connectivity index (χ0v) is 12.3. The summed E-state index contributed by atoms with van der Waals surface area (Å²) in [6.07, 6.45) is 6.47. The van der Waals surface area contributed by atoms with E-state index in [1.54, 1.807) is 12.3 Å². The van der Waals surface area contributed by atoms with Crippen molar-refractivity contribution in [3.8, 4) is 0 Å². The Balaban J connectivity index is 1.77. The first-order chi connectivity index (χ1) is 9.59. The quantitative estimate of drug-likeness (QED) is 0.910. The Morgan fingerprint density at radius 3 is 2.95 bits per heavy atom. The predicted octanol–water partition coefficient (Wildman–Crippen LogP) is 2.58. The summed E-state index contributed by atoms with van der Waals surface area (Å²) < 4.78 is 0. The van der Waals surface area contributed by atoms with Gasteiger partial charge in [0.05, 0.1) is 11.9 Å². The molecule has 3 rings (SSSR count). The lowest BCUT2D eigenvalue weighted by Crippen LogP contribution is -2.34. The van der Waals surface area contributed by atoms with Gasteiger partial charge in [0.15, 0.2) is 0 Å². The third kappa shape index (κ3) is 2.35. The predicted molar refractivity (Wildman–Crippen MR) is 80.7 cm³/mol. The van der Waals surface area contributed by atoms with Gasteiger partial charge in [0, 0.05) is 11.9 Å². The van der Waals surface area contributed by atoms with Crippen LogP contribution >= 0.6 is 11.3 Å². The summed E-state index contributed by atoms with van der Waals surface area (Å²) in [5.74, 6) is -0.0985. The van der Waals surface area contributed by atoms with Crippen molar-refractivity contribution in [1.82, 2.24) is 15.5 Å². The minimum Gasteiger partial charge on any atom is -0.397 e. The van der Waals surface area contributed by atoms with Crippen LogP contribution in [0, 0.1) is 5.41 Å². The number of nitrogens with two attached hydrogens (primary N) is 1. The fourth-order valence-corrected chi connectivity index (χ4v) is 3.78. The van der Waals surface area contributed by atoms with E-state index in [0.717, 1.165) is 5.39 Å². The van der Waals surface area contributed by atoms with E-state index in [0.29, 0.717) is 21.9 Å². The van der Waals surface area contributed by atoms with Gasteiger partial charge >= 0.3 is 0 Å². The highest BCUT2D eigenvalue weighted by molar-refractivity contribution is 7.21. The van der Waals surface area contributed by atoms with Gasteiger partial charge in [-0.15, -0.1) is 16.4 Å². The normalized spacial score (nSPS) is 17.4. The van der Waals surface area contributed by atoms with E-state index in [9.17, 15) is 4.79 Å². The van der Waals surface area contributed by atoms with E-state index in [4.69, 9.17) is 5.73 Å². The number of carbonyl (C=O) groups is 1.